The molecule has 1 aliphatic heterocycles. The highest BCUT2D eigenvalue weighted by Crippen LogP contribution is 2.33. The van der Waals surface area contributed by atoms with Crippen molar-refractivity contribution in [3.63, 3.8) is 0 Å². The summed E-state index contributed by atoms with van der Waals surface area (Å²) in [5, 5.41) is 12.1. The zero-order valence-corrected chi connectivity index (χ0v) is 16.5. The fourth-order valence-corrected chi connectivity index (χ4v) is 4.15. The van der Waals surface area contributed by atoms with E-state index >= 15 is 0 Å². The number of halogens is 1. The number of hydrogen-bond acceptors (Lipinski definition) is 3. The van der Waals surface area contributed by atoms with Gasteiger partial charge < -0.3 is 10.0 Å². The highest BCUT2D eigenvalue weighted by atomic mass is 35.5. The van der Waals surface area contributed by atoms with Crippen LogP contribution in [0.3, 0.4) is 0 Å². The maximum atomic E-state index is 11.3. The van der Waals surface area contributed by atoms with Crippen LogP contribution in [0.4, 0.5) is 5.69 Å². The van der Waals surface area contributed by atoms with Crippen molar-refractivity contribution in [2.24, 2.45) is 5.92 Å². The van der Waals surface area contributed by atoms with Crippen molar-refractivity contribution < 1.29 is 5.11 Å². The summed E-state index contributed by atoms with van der Waals surface area (Å²) < 4.78 is 0. The Kier molecular flexibility index (Phi) is 6.23. The minimum atomic E-state index is -0.772. The fraction of sp³-hybridized carbons (Fsp3) is 0.455. The quantitative estimate of drug-likeness (QED) is 0.814. The van der Waals surface area contributed by atoms with Crippen LogP contribution in [0.25, 0.3) is 0 Å². The second-order valence-electron chi connectivity index (χ2n) is 7.31. The molecule has 0 saturated carbocycles. The van der Waals surface area contributed by atoms with Gasteiger partial charge in [-0.2, -0.15) is 0 Å². The van der Waals surface area contributed by atoms with Crippen LogP contribution in [0.5, 0.6) is 0 Å². The molecule has 2 aromatic carbocycles. The number of nitrogens with zero attached hydrogens (tertiary/aromatic N) is 2. The molecule has 3 nitrogen and oxygen atoms in total. The van der Waals surface area contributed by atoms with Crippen molar-refractivity contribution >= 4 is 17.3 Å². The van der Waals surface area contributed by atoms with Gasteiger partial charge >= 0.3 is 0 Å². The van der Waals surface area contributed by atoms with Crippen molar-refractivity contribution in [3.05, 3.63) is 65.2 Å². The monoisotopic (exact) mass is 372 g/mol. The molecule has 1 saturated heterocycles. The number of rotatable bonds is 6. The smallest absolute Gasteiger partial charge is 0.0931 e. The molecular formula is C22H29ClN2O. The van der Waals surface area contributed by atoms with E-state index in [1.54, 1.807) is 0 Å². The Labute approximate surface area is 162 Å². The van der Waals surface area contributed by atoms with Crippen LogP contribution in [-0.2, 0) is 5.60 Å². The molecule has 26 heavy (non-hydrogen) atoms. The molecule has 0 aromatic heterocycles. The standard InChI is InChI=1S/C22H29ClN2O/c1-3-22(26,19-8-5-4-6-9-19)18(2)17-24-12-14-25(15-13-24)21-11-7-10-20(23)16-21/h4-11,16,18,26H,3,12-15,17H2,1-2H3. The van der Waals surface area contributed by atoms with Gasteiger partial charge in [0.2, 0.25) is 0 Å². The highest BCUT2D eigenvalue weighted by molar-refractivity contribution is 6.30. The Hall–Kier alpha value is -1.55. The van der Waals surface area contributed by atoms with Crippen LogP contribution in [-0.4, -0.2) is 42.7 Å². The lowest BCUT2D eigenvalue weighted by Gasteiger charge is -2.41. The van der Waals surface area contributed by atoms with Crippen LogP contribution in [0, 0.1) is 5.92 Å². The lowest BCUT2D eigenvalue weighted by atomic mass is 9.80. The van der Waals surface area contributed by atoms with Crippen molar-refractivity contribution in [3.8, 4) is 0 Å². The van der Waals surface area contributed by atoms with E-state index in [1.165, 1.54) is 5.69 Å². The molecule has 4 heteroatoms. The van der Waals surface area contributed by atoms with E-state index < -0.39 is 5.60 Å². The number of hydrogen-bond donors (Lipinski definition) is 1. The first-order chi connectivity index (χ1) is 12.5. The first kappa shape index (κ1) is 19.2. The number of benzene rings is 2. The van der Waals surface area contributed by atoms with Crippen LogP contribution in [0.15, 0.2) is 54.6 Å². The Morgan fingerprint density at radius 2 is 1.73 bits per heavy atom. The lowest BCUT2D eigenvalue weighted by molar-refractivity contribution is -0.0339. The molecule has 1 heterocycles. The van der Waals surface area contributed by atoms with E-state index in [-0.39, 0.29) is 5.92 Å². The third kappa shape index (κ3) is 4.22. The summed E-state index contributed by atoms with van der Waals surface area (Å²) in [6.45, 7) is 9.13. The van der Waals surface area contributed by atoms with Crippen molar-refractivity contribution in [2.75, 3.05) is 37.6 Å². The first-order valence-corrected chi connectivity index (χ1v) is 9.91. The van der Waals surface area contributed by atoms with Crippen LogP contribution >= 0.6 is 11.6 Å². The van der Waals surface area contributed by atoms with E-state index in [0.29, 0.717) is 0 Å². The number of aliphatic hydroxyl groups is 1. The van der Waals surface area contributed by atoms with Gasteiger partial charge in [-0.15, -0.1) is 0 Å². The summed E-state index contributed by atoms with van der Waals surface area (Å²) in [4.78, 5) is 4.85. The number of anilines is 1. The molecule has 2 aromatic rings. The summed E-state index contributed by atoms with van der Waals surface area (Å²) in [5.74, 6) is 0.174. The molecule has 140 valence electrons. The third-order valence-corrected chi connectivity index (χ3v) is 5.94. The van der Waals surface area contributed by atoms with Gasteiger partial charge in [0, 0.05) is 49.4 Å². The van der Waals surface area contributed by atoms with Crippen molar-refractivity contribution in [1.29, 1.82) is 0 Å². The van der Waals surface area contributed by atoms with Gasteiger partial charge in [0.05, 0.1) is 5.60 Å². The molecule has 1 fully saturated rings. The van der Waals surface area contributed by atoms with Gasteiger partial charge in [0.25, 0.3) is 0 Å². The molecule has 2 atom stereocenters. The van der Waals surface area contributed by atoms with Gasteiger partial charge in [-0.1, -0.05) is 61.8 Å². The third-order valence-electron chi connectivity index (χ3n) is 5.71. The maximum absolute atomic E-state index is 11.3. The van der Waals surface area contributed by atoms with Gasteiger partial charge in [-0.05, 0) is 30.2 Å². The molecule has 1 aliphatic rings. The van der Waals surface area contributed by atoms with E-state index in [0.717, 1.165) is 49.7 Å². The minimum Gasteiger partial charge on any atom is -0.385 e. The average molecular weight is 373 g/mol. The summed E-state index contributed by atoms with van der Waals surface area (Å²) in [5.41, 5.74) is 1.44. The lowest BCUT2D eigenvalue weighted by Crippen LogP contribution is -2.50. The van der Waals surface area contributed by atoms with Gasteiger partial charge in [0.1, 0.15) is 0 Å². The fourth-order valence-electron chi connectivity index (χ4n) is 3.96. The minimum absolute atomic E-state index is 0.174. The maximum Gasteiger partial charge on any atom is 0.0931 e. The van der Waals surface area contributed by atoms with Crippen molar-refractivity contribution in [1.82, 2.24) is 4.90 Å². The van der Waals surface area contributed by atoms with Crippen LogP contribution in [0.2, 0.25) is 5.02 Å². The van der Waals surface area contributed by atoms with E-state index in [4.69, 9.17) is 11.6 Å². The topological polar surface area (TPSA) is 26.7 Å². The molecule has 1 N–H and O–H groups in total. The molecular weight excluding hydrogens is 344 g/mol. The number of piperazine rings is 1. The molecule has 0 spiro atoms. The summed E-state index contributed by atoms with van der Waals surface area (Å²) >= 11 is 6.12. The predicted octanol–water partition coefficient (Wildman–Crippen LogP) is 4.40. The largest absolute Gasteiger partial charge is 0.385 e. The average Bonchev–Trinajstić information content (AvgIpc) is 2.68. The van der Waals surface area contributed by atoms with E-state index in [2.05, 4.69) is 29.7 Å². The van der Waals surface area contributed by atoms with E-state index in [9.17, 15) is 5.11 Å². The Bertz CT molecular complexity index is 700. The Morgan fingerprint density at radius 3 is 2.35 bits per heavy atom. The van der Waals surface area contributed by atoms with Gasteiger partial charge in [-0.25, -0.2) is 0 Å². The van der Waals surface area contributed by atoms with Gasteiger partial charge in [0.15, 0.2) is 0 Å². The molecule has 0 aliphatic carbocycles. The van der Waals surface area contributed by atoms with Crippen molar-refractivity contribution in [2.45, 2.75) is 25.9 Å². The Balaban J connectivity index is 1.60. The Morgan fingerprint density at radius 1 is 1.04 bits per heavy atom. The SMILES string of the molecule is CCC(O)(c1ccccc1)C(C)CN1CCN(c2cccc(Cl)c2)CC1. The summed E-state index contributed by atoms with van der Waals surface area (Å²) in [6.07, 6.45) is 0.723. The molecule has 3 rings (SSSR count). The molecule has 0 amide bonds. The zero-order chi connectivity index (χ0) is 18.6. The molecule has 0 bridgehead atoms. The van der Waals surface area contributed by atoms with Crippen LogP contribution < -0.4 is 4.90 Å². The zero-order valence-electron chi connectivity index (χ0n) is 15.7. The normalized spacial score (nSPS) is 19.2. The summed E-state index contributed by atoms with van der Waals surface area (Å²) in [6, 6.07) is 18.2. The molecule has 0 radical (unpaired) electrons. The second-order valence-corrected chi connectivity index (χ2v) is 7.75. The first-order valence-electron chi connectivity index (χ1n) is 9.53. The highest BCUT2D eigenvalue weighted by Gasteiger charge is 2.35. The second kappa shape index (κ2) is 8.43. The summed E-state index contributed by atoms with van der Waals surface area (Å²) in [7, 11) is 0. The van der Waals surface area contributed by atoms with E-state index in [1.807, 2.05) is 48.5 Å². The van der Waals surface area contributed by atoms with Crippen LogP contribution in [0.1, 0.15) is 25.8 Å². The predicted molar refractivity (Wildman–Crippen MR) is 110 cm³/mol. The van der Waals surface area contributed by atoms with Gasteiger partial charge in [-0.3, -0.25) is 4.90 Å². The molecule has 2 unspecified atom stereocenters.